The first-order chi connectivity index (χ1) is 22.3. The van der Waals surface area contributed by atoms with Crippen LogP contribution in [0.5, 0.6) is 11.5 Å². The summed E-state index contributed by atoms with van der Waals surface area (Å²) in [6.07, 6.45) is 0. The first kappa shape index (κ1) is 29.8. The fraction of sp³-hybridized carbons (Fsp3) is 0.200. The number of aromatic nitrogens is 1. The van der Waals surface area contributed by atoms with Gasteiger partial charge in [0.15, 0.2) is 18.1 Å². The number of hydrogen-bond acceptors (Lipinski definition) is 8. The van der Waals surface area contributed by atoms with E-state index in [0.717, 1.165) is 27.7 Å². The molecule has 3 amide bonds. The summed E-state index contributed by atoms with van der Waals surface area (Å²) < 4.78 is 11.9. The SMILES string of the molecule is CCOc1cc([C@@H]2c3sc(=O)[nH]c3S[C@H]3C(=O)N(c4ccc(C)cc4)C(=O)[C@@H]23)ccc1OCC(=O)Nc1cccc2ccccc12. The number of carbonyl (C=O) groups is 3. The Morgan fingerprint density at radius 2 is 1.70 bits per heavy atom. The second kappa shape index (κ2) is 12.1. The van der Waals surface area contributed by atoms with Crippen LogP contribution in [-0.4, -0.2) is 41.2 Å². The molecule has 46 heavy (non-hydrogen) atoms. The zero-order valence-corrected chi connectivity index (χ0v) is 26.6. The summed E-state index contributed by atoms with van der Waals surface area (Å²) in [5.74, 6) is -1.50. The van der Waals surface area contributed by atoms with Crippen molar-refractivity contribution in [3.8, 4) is 11.5 Å². The van der Waals surface area contributed by atoms with E-state index >= 15 is 0 Å². The predicted octanol–water partition coefficient (Wildman–Crippen LogP) is 6.11. The Morgan fingerprint density at radius 3 is 2.50 bits per heavy atom. The molecule has 0 unspecified atom stereocenters. The van der Waals surface area contributed by atoms with Crippen molar-refractivity contribution in [1.82, 2.24) is 4.98 Å². The molecule has 7 rings (SSSR count). The van der Waals surface area contributed by atoms with Crippen LogP contribution < -0.4 is 24.6 Å². The Morgan fingerprint density at radius 1 is 0.913 bits per heavy atom. The van der Waals surface area contributed by atoms with Crippen molar-refractivity contribution in [2.24, 2.45) is 5.92 Å². The van der Waals surface area contributed by atoms with E-state index in [2.05, 4.69) is 10.3 Å². The van der Waals surface area contributed by atoms with Crippen molar-refractivity contribution < 1.29 is 23.9 Å². The van der Waals surface area contributed by atoms with Crippen LogP contribution in [0.1, 0.15) is 28.8 Å². The number of thioether (sulfide) groups is 1. The van der Waals surface area contributed by atoms with Crippen LogP contribution in [-0.2, 0) is 14.4 Å². The van der Waals surface area contributed by atoms with Gasteiger partial charge >= 0.3 is 4.87 Å². The monoisotopic (exact) mass is 651 g/mol. The van der Waals surface area contributed by atoms with E-state index in [4.69, 9.17) is 9.47 Å². The number of aryl methyl sites for hydroxylation is 1. The number of imide groups is 1. The fourth-order valence-corrected chi connectivity index (χ4v) is 8.61. The van der Waals surface area contributed by atoms with Gasteiger partial charge in [0.25, 0.3) is 5.91 Å². The van der Waals surface area contributed by atoms with E-state index in [1.54, 1.807) is 30.3 Å². The van der Waals surface area contributed by atoms with Gasteiger partial charge in [-0.1, -0.05) is 83.3 Å². The molecule has 9 nitrogen and oxygen atoms in total. The number of benzene rings is 4. The maximum absolute atomic E-state index is 14.0. The number of amides is 3. The van der Waals surface area contributed by atoms with Gasteiger partial charge in [0.05, 0.1) is 23.2 Å². The van der Waals surface area contributed by atoms with Gasteiger partial charge in [-0.3, -0.25) is 19.2 Å². The number of hydrogen-bond donors (Lipinski definition) is 2. The largest absolute Gasteiger partial charge is 0.490 e. The van der Waals surface area contributed by atoms with E-state index in [-0.39, 0.29) is 29.2 Å². The number of carbonyl (C=O) groups excluding carboxylic acids is 3. The molecule has 11 heteroatoms. The molecule has 4 aromatic carbocycles. The van der Waals surface area contributed by atoms with Crippen molar-refractivity contribution in [3.05, 3.63) is 111 Å². The number of aromatic amines is 1. The highest BCUT2D eigenvalue weighted by atomic mass is 32.2. The van der Waals surface area contributed by atoms with Gasteiger partial charge in [0.1, 0.15) is 5.25 Å². The van der Waals surface area contributed by atoms with E-state index < -0.39 is 17.1 Å². The van der Waals surface area contributed by atoms with Gasteiger partial charge in [-0.05, 0) is 55.1 Å². The molecular formula is C35H29N3O6S2. The summed E-state index contributed by atoms with van der Waals surface area (Å²) in [7, 11) is 0. The van der Waals surface area contributed by atoms with Crippen molar-refractivity contribution in [1.29, 1.82) is 0 Å². The molecule has 1 saturated heterocycles. The summed E-state index contributed by atoms with van der Waals surface area (Å²) in [6, 6.07) is 26.1. The predicted molar refractivity (Wildman–Crippen MR) is 179 cm³/mol. The smallest absolute Gasteiger partial charge is 0.305 e. The molecule has 0 saturated carbocycles. The number of fused-ring (bicyclic) bond motifs is 3. The summed E-state index contributed by atoms with van der Waals surface area (Å²) in [6.45, 7) is 3.86. The lowest BCUT2D eigenvalue weighted by Gasteiger charge is -2.30. The van der Waals surface area contributed by atoms with E-state index in [1.807, 2.05) is 68.4 Å². The highest BCUT2D eigenvalue weighted by Crippen LogP contribution is 2.53. The van der Waals surface area contributed by atoms with Crippen LogP contribution in [0, 0.1) is 12.8 Å². The third kappa shape index (κ3) is 5.35. The maximum Gasteiger partial charge on any atom is 0.305 e. The van der Waals surface area contributed by atoms with Gasteiger partial charge in [0, 0.05) is 21.9 Å². The molecule has 2 N–H and O–H groups in total. The normalized spacial score (nSPS) is 18.7. The Hall–Kier alpha value is -4.87. The number of H-pyrrole nitrogens is 1. The third-order valence-electron chi connectivity index (χ3n) is 8.17. The quantitative estimate of drug-likeness (QED) is 0.195. The van der Waals surface area contributed by atoms with E-state index in [1.165, 1.54) is 16.7 Å². The Labute approximate surface area is 272 Å². The molecule has 1 fully saturated rings. The zero-order chi connectivity index (χ0) is 31.9. The summed E-state index contributed by atoms with van der Waals surface area (Å²) in [5.41, 5.74) is 2.93. The van der Waals surface area contributed by atoms with Gasteiger partial charge in [-0.2, -0.15) is 0 Å². The molecule has 5 aromatic rings. The molecule has 3 atom stereocenters. The molecule has 232 valence electrons. The number of ether oxygens (including phenoxy) is 2. The molecule has 0 aliphatic carbocycles. The molecule has 0 bridgehead atoms. The average molecular weight is 652 g/mol. The first-order valence-corrected chi connectivity index (χ1v) is 16.5. The van der Waals surface area contributed by atoms with Crippen molar-refractivity contribution in [3.63, 3.8) is 0 Å². The molecular weight excluding hydrogens is 623 g/mol. The first-order valence-electron chi connectivity index (χ1n) is 14.8. The van der Waals surface area contributed by atoms with Crippen LogP contribution >= 0.6 is 23.1 Å². The topological polar surface area (TPSA) is 118 Å². The number of nitrogens with zero attached hydrogens (tertiary/aromatic N) is 1. The fourth-order valence-electron chi connectivity index (χ4n) is 6.09. The van der Waals surface area contributed by atoms with Gasteiger partial charge in [-0.15, -0.1) is 0 Å². The van der Waals surface area contributed by atoms with E-state index in [0.29, 0.717) is 44.9 Å². The van der Waals surface area contributed by atoms with Crippen molar-refractivity contribution in [2.75, 3.05) is 23.4 Å². The van der Waals surface area contributed by atoms with Crippen molar-refractivity contribution in [2.45, 2.75) is 30.0 Å². The minimum absolute atomic E-state index is 0.250. The maximum atomic E-state index is 14.0. The molecule has 2 aliphatic heterocycles. The van der Waals surface area contributed by atoms with Crippen LogP contribution in [0.3, 0.4) is 0 Å². The molecule has 0 spiro atoms. The summed E-state index contributed by atoms with van der Waals surface area (Å²) >= 11 is 2.28. The Kier molecular flexibility index (Phi) is 7.87. The number of thiazole rings is 1. The Bertz CT molecular complexity index is 2050. The standard InChI is InChI=1S/C35H29N3O6S2/c1-3-43-26-17-21(13-16-25(26)44-18-27(39)36-24-10-6-8-20-7-4-5-9-23(20)24)28-29-31(45-32-30(28)46-35(42)37-32)34(41)38(33(29)40)22-14-11-19(2)12-15-22/h4-17,28-29,31H,3,18H2,1-2H3,(H,36,39)(H,37,42)/t28-,29-,31+/m0/s1. The van der Waals surface area contributed by atoms with Gasteiger partial charge in [-0.25, -0.2) is 4.90 Å². The summed E-state index contributed by atoms with van der Waals surface area (Å²) in [5, 5.41) is 4.75. The number of nitrogens with one attached hydrogen (secondary N) is 2. The lowest BCUT2D eigenvalue weighted by molar-refractivity contribution is -0.122. The minimum atomic E-state index is -0.731. The third-order valence-corrected chi connectivity index (χ3v) is 10.6. The molecule has 3 heterocycles. The van der Waals surface area contributed by atoms with Crippen LogP contribution in [0.2, 0.25) is 0 Å². The number of rotatable bonds is 8. The van der Waals surface area contributed by atoms with Gasteiger partial charge < -0.3 is 19.8 Å². The highest BCUT2D eigenvalue weighted by Gasteiger charge is 2.56. The second-order valence-corrected chi connectivity index (χ2v) is 13.3. The van der Waals surface area contributed by atoms with Gasteiger partial charge in [0.2, 0.25) is 11.8 Å². The summed E-state index contributed by atoms with van der Waals surface area (Å²) in [4.78, 5) is 57.8. The zero-order valence-electron chi connectivity index (χ0n) is 24.9. The van der Waals surface area contributed by atoms with Crippen molar-refractivity contribution >= 4 is 63.0 Å². The van der Waals surface area contributed by atoms with Crippen LogP contribution in [0.25, 0.3) is 10.8 Å². The average Bonchev–Trinajstić information content (AvgIpc) is 3.55. The lowest BCUT2D eigenvalue weighted by Crippen LogP contribution is -2.32. The molecule has 1 aromatic heterocycles. The molecule has 2 aliphatic rings. The molecule has 0 radical (unpaired) electrons. The van der Waals surface area contributed by atoms with Crippen LogP contribution in [0.4, 0.5) is 11.4 Å². The Balaban J connectivity index is 1.18. The van der Waals surface area contributed by atoms with Crippen LogP contribution in [0.15, 0.2) is 94.7 Å². The highest BCUT2D eigenvalue weighted by molar-refractivity contribution is 8.00. The lowest BCUT2D eigenvalue weighted by atomic mass is 9.83. The second-order valence-electron chi connectivity index (χ2n) is 11.1. The minimum Gasteiger partial charge on any atom is -0.490 e. The number of anilines is 2. The van der Waals surface area contributed by atoms with E-state index in [9.17, 15) is 19.2 Å².